The van der Waals surface area contributed by atoms with E-state index in [2.05, 4.69) is 5.32 Å². The van der Waals surface area contributed by atoms with Crippen LogP contribution in [0.1, 0.15) is 23.6 Å². The van der Waals surface area contributed by atoms with Gasteiger partial charge in [-0.3, -0.25) is 9.69 Å². The molecule has 114 valence electrons. The normalized spacial score (nSPS) is 20.3. The van der Waals surface area contributed by atoms with Gasteiger partial charge in [-0.25, -0.2) is 4.79 Å². The zero-order chi connectivity index (χ0) is 16.4. The van der Waals surface area contributed by atoms with Crippen molar-refractivity contribution in [3.05, 3.63) is 71.3 Å². The fourth-order valence-corrected chi connectivity index (χ4v) is 2.67. The number of amides is 3. The van der Waals surface area contributed by atoms with Gasteiger partial charge in [0.05, 0.1) is 18.2 Å². The quantitative estimate of drug-likeness (QED) is 0.886. The third kappa shape index (κ3) is 2.55. The van der Waals surface area contributed by atoms with Gasteiger partial charge >= 0.3 is 6.03 Å². The van der Waals surface area contributed by atoms with Gasteiger partial charge in [0.15, 0.2) is 0 Å². The number of benzene rings is 2. The Balaban J connectivity index is 1.85. The molecule has 1 fully saturated rings. The molecule has 1 N–H and O–H groups in total. The van der Waals surface area contributed by atoms with Crippen LogP contribution in [0.4, 0.5) is 4.79 Å². The molecule has 0 unspecified atom stereocenters. The van der Waals surface area contributed by atoms with Crippen LogP contribution in [-0.2, 0) is 16.9 Å². The van der Waals surface area contributed by atoms with E-state index in [4.69, 9.17) is 5.26 Å². The Hall–Kier alpha value is -3.13. The third-order valence-corrected chi connectivity index (χ3v) is 4.05. The highest BCUT2D eigenvalue weighted by molar-refractivity contribution is 6.07. The average Bonchev–Trinajstić information content (AvgIpc) is 2.81. The Morgan fingerprint density at radius 2 is 1.74 bits per heavy atom. The summed E-state index contributed by atoms with van der Waals surface area (Å²) in [4.78, 5) is 26.2. The summed E-state index contributed by atoms with van der Waals surface area (Å²) in [6.07, 6.45) is 0. The van der Waals surface area contributed by atoms with Gasteiger partial charge in [-0.1, -0.05) is 42.5 Å². The minimum absolute atomic E-state index is 0.179. The minimum atomic E-state index is -1.05. The van der Waals surface area contributed by atoms with Gasteiger partial charge in [-0.15, -0.1) is 0 Å². The standard InChI is InChI=1S/C18H15N3O2/c1-18(15-5-3-2-4-6-15)16(22)21(17(23)20-18)12-14-9-7-13(11-19)8-10-14/h2-10H,12H2,1H3,(H,20,23)/t18-/m0/s1. The first-order valence-electron chi connectivity index (χ1n) is 7.23. The summed E-state index contributed by atoms with van der Waals surface area (Å²) in [5.74, 6) is -0.280. The summed E-state index contributed by atoms with van der Waals surface area (Å²) < 4.78 is 0. The molecule has 1 saturated heterocycles. The van der Waals surface area contributed by atoms with Crippen molar-refractivity contribution in [2.24, 2.45) is 0 Å². The van der Waals surface area contributed by atoms with Crippen LogP contribution in [0.15, 0.2) is 54.6 Å². The molecule has 2 aromatic carbocycles. The molecule has 3 amide bonds. The lowest BCUT2D eigenvalue weighted by Crippen LogP contribution is -2.40. The van der Waals surface area contributed by atoms with Crippen molar-refractivity contribution in [2.45, 2.75) is 19.0 Å². The molecule has 0 aliphatic carbocycles. The number of nitrogens with one attached hydrogen (secondary N) is 1. The second kappa shape index (κ2) is 5.58. The zero-order valence-corrected chi connectivity index (χ0v) is 12.6. The Labute approximate surface area is 134 Å². The topological polar surface area (TPSA) is 73.2 Å². The Bertz CT molecular complexity index is 793. The highest BCUT2D eigenvalue weighted by Gasteiger charge is 2.48. The number of carbonyl (C=O) groups is 2. The van der Waals surface area contributed by atoms with E-state index in [-0.39, 0.29) is 12.5 Å². The number of urea groups is 1. The molecule has 2 aromatic rings. The van der Waals surface area contributed by atoms with Gasteiger partial charge in [0.1, 0.15) is 5.54 Å². The molecule has 3 rings (SSSR count). The van der Waals surface area contributed by atoms with Gasteiger partial charge in [0.25, 0.3) is 5.91 Å². The number of hydrogen-bond acceptors (Lipinski definition) is 3. The molecule has 1 heterocycles. The molecule has 1 aliphatic rings. The van der Waals surface area contributed by atoms with Crippen LogP contribution in [0.5, 0.6) is 0 Å². The predicted molar refractivity (Wildman–Crippen MR) is 84.0 cm³/mol. The molecule has 0 spiro atoms. The molecule has 1 aliphatic heterocycles. The van der Waals surface area contributed by atoms with Gasteiger partial charge in [-0.2, -0.15) is 5.26 Å². The van der Waals surface area contributed by atoms with Gasteiger partial charge < -0.3 is 5.32 Å². The summed E-state index contributed by atoms with van der Waals surface area (Å²) in [5, 5.41) is 11.6. The van der Waals surface area contributed by atoms with Crippen molar-refractivity contribution in [3.8, 4) is 6.07 Å². The maximum absolute atomic E-state index is 12.8. The smallest absolute Gasteiger partial charge is 0.319 e. The summed E-state index contributed by atoms with van der Waals surface area (Å²) >= 11 is 0. The van der Waals surface area contributed by atoms with E-state index in [0.717, 1.165) is 11.1 Å². The van der Waals surface area contributed by atoms with Gasteiger partial charge in [0, 0.05) is 0 Å². The SMILES string of the molecule is C[C@@]1(c2ccccc2)NC(=O)N(Cc2ccc(C#N)cc2)C1=O. The summed E-state index contributed by atoms with van der Waals surface area (Å²) in [6.45, 7) is 1.89. The average molecular weight is 305 g/mol. The molecular formula is C18H15N3O2. The fraction of sp³-hybridized carbons (Fsp3) is 0.167. The van der Waals surface area contributed by atoms with Gasteiger partial charge in [0.2, 0.25) is 0 Å². The van der Waals surface area contributed by atoms with Crippen LogP contribution < -0.4 is 5.32 Å². The number of hydrogen-bond donors (Lipinski definition) is 1. The summed E-state index contributed by atoms with van der Waals surface area (Å²) in [5.41, 5.74) is 1.04. The first kappa shape index (κ1) is 14.8. The van der Waals surface area contributed by atoms with Crippen LogP contribution in [0.25, 0.3) is 0 Å². The maximum Gasteiger partial charge on any atom is 0.325 e. The molecule has 0 aromatic heterocycles. The molecule has 5 nitrogen and oxygen atoms in total. The highest BCUT2D eigenvalue weighted by atomic mass is 16.2. The van der Waals surface area contributed by atoms with Crippen molar-refractivity contribution < 1.29 is 9.59 Å². The Kier molecular flexibility index (Phi) is 3.59. The number of imide groups is 1. The molecule has 0 bridgehead atoms. The van der Waals surface area contributed by atoms with E-state index in [1.165, 1.54) is 4.90 Å². The van der Waals surface area contributed by atoms with Crippen molar-refractivity contribution in [2.75, 3.05) is 0 Å². The van der Waals surface area contributed by atoms with Crippen LogP contribution in [0.2, 0.25) is 0 Å². The number of nitrogens with zero attached hydrogens (tertiary/aromatic N) is 2. The number of nitriles is 1. The van der Waals surface area contributed by atoms with E-state index >= 15 is 0 Å². The lowest BCUT2D eigenvalue weighted by Gasteiger charge is -2.22. The van der Waals surface area contributed by atoms with Crippen molar-refractivity contribution in [3.63, 3.8) is 0 Å². The largest absolute Gasteiger partial charge is 0.325 e. The predicted octanol–water partition coefficient (Wildman–Crippen LogP) is 2.53. The number of carbonyl (C=O) groups excluding carboxylic acids is 2. The Morgan fingerprint density at radius 1 is 1.09 bits per heavy atom. The molecule has 5 heteroatoms. The number of rotatable bonds is 3. The lowest BCUT2D eigenvalue weighted by atomic mass is 9.92. The van der Waals surface area contributed by atoms with E-state index < -0.39 is 11.6 Å². The monoisotopic (exact) mass is 305 g/mol. The van der Waals surface area contributed by atoms with E-state index in [0.29, 0.717) is 5.56 Å². The third-order valence-electron chi connectivity index (χ3n) is 4.05. The van der Waals surface area contributed by atoms with Crippen molar-refractivity contribution in [1.29, 1.82) is 5.26 Å². The summed E-state index contributed by atoms with van der Waals surface area (Å²) in [6, 6.07) is 17.6. The van der Waals surface area contributed by atoms with Gasteiger partial charge in [-0.05, 0) is 30.2 Å². The fourth-order valence-electron chi connectivity index (χ4n) is 2.67. The Morgan fingerprint density at radius 3 is 2.35 bits per heavy atom. The van der Waals surface area contributed by atoms with Crippen molar-refractivity contribution >= 4 is 11.9 Å². The molecule has 23 heavy (non-hydrogen) atoms. The molecule has 0 radical (unpaired) electrons. The van der Waals surface area contributed by atoms with Crippen LogP contribution >= 0.6 is 0 Å². The van der Waals surface area contributed by atoms with E-state index in [9.17, 15) is 9.59 Å². The van der Waals surface area contributed by atoms with E-state index in [1.54, 1.807) is 31.2 Å². The second-order valence-electron chi connectivity index (χ2n) is 5.62. The van der Waals surface area contributed by atoms with Crippen LogP contribution in [0, 0.1) is 11.3 Å². The molecule has 1 atom stereocenters. The molecular weight excluding hydrogens is 290 g/mol. The minimum Gasteiger partial charge on any atom is -0.319 e. The lowest BCUT2D eigenvalue weighted by molar-refractivity contribution is -0.131. The van der Waals surface area contributed by atoms with Crippen LogP contribution in [0.3, 0.4) is 0 Å². The summed E-state index contributed by atoms with van der Waals surface area (Å²) in [7, 11) is 0. The van der Waals surface area contributed by atoms with Crippen molar-refractivity contribution in [1.82, 2.24) is 10.2 Å². The maximum atomic E-state index is 12.8. The zero-order valence-electron chi connectivity index (χ0n) is 12.6. The molecule has 0 saturated carbocycles. The second-order valence-corrected chi connectivity index (χ2v) is 5.62. The van der Waals surface area contributed by atoms with E-state index in [1.807, 2.05) is 36.4 Å². The van der Waals surface area contributed by atoms with Crippen LogP contribution in [-0.4, -0.2) is 16.8 Å². The first-order valence-corrected chi connectivity index (χ1v) is 7.23. The first-order chi connectivity index (χ1) is 11.0. The highest BCUT2D eigenvalue weighted by Crippen LogP contribution is 2.29.